The fourth-order valence-electron chi connectivity index (χ4n) is 2.35. The maximum Gasteiger partial charge on any atom is -0.0274 e. The molecule has 0 aliphatic heterocycles. The maximum absolute atomic E-state index is 4.19. The molecular formula is C18H34. The molecule has 18 heavy (non-hydrogen) atoms. The summed E-state index contributed by atoms with van der Waals surface area (Å²) in [7, 11) is 0. The molecule has 0 unspecified atom stereocenters. The Balaban J connectivity index is 3.53. The molecule has 0 atom stereocenters. The standard InChI is InChI=1S/C18H34/c1-7-8-9-10-12-16(2)13-11-14-17(3)15-18(4,5)6/h2-3,7-15H2,1,4-6H3. The summed E-state index contributed by atoms with van der Waals surface area (Å²) in [6.45, 7) is 17.5. The third-order valence-corrected chi connectivity index (χ3v) is 3.22. The highest BCUT2D eigenvalue weighted by atomic mass is 14.2. The van der Waals surface area contributed by atoms with Crippen LogP contribution in [0.5, 0.6) is 0 Å². The monoisotopic (exact) mass is 250 g/mol. The molecule has 0 rings (SSSR count). The van der Waals surface area contributed by atoms with Gasteiger partial charge in [-0.1, -0.05) is 71.3 Å². The first kappa shape index (κ1) is 17.5. The summed E-state index contributed by atoms with van der Waals surface area (Å²) in [5, 5.41) is 0. The first-order valence-corrected chi connectivity index (χ1v) is 7.68. The lowest BCUT2D eigenvalue weighted by Gasteiger charge is -2.19. The number of hydrogen-bond donors (Lipinski definition) is 0. The van der Waals surface area contributed by atoms with Crippen LogP contribution in [0.25, 0.3) is 0 Å². The minimum Gasteiger partial charge on any atom is -0.0999 e. The molecule has 0 aliphatic rings. The summed E-state index contributed by atoms with van der Waals surface area (Å²) in [6.07, 6.45) is 11.4. The van der Waals surface area contributed by atoms with E-state index in [1.807, 2.05) is 0 Å². The molecule has 0 saturated heterocycles. The second kappa shape index (κ2) is 9.42. The van der Waals surface area contributed by atoms with Gasteiger partial charge < -0.3 is 0 Å². The molecule has 0 fully saturated rings. The van der Waals surface area contributed by atoms with Gasteiger partial charge in [-0.15, -0.1) is 0 Å². The summed E-state index contributed by atoms with van der Waals surface area (Å²) in [5.74, 6) is 0. The van der Waals surface area contributed by atoms with Crippen LogP contribution in [0.15, 0.2) is 24.3 Å². The van der Waals surface area contributed by atoms with Crippen molar-refractivity contribution < 1.29 is 0 Å². The van der Waals surface area contributed by atoms with E-state index >= 15 is 0 Å². The maximum atomic E-state index is 4.19. The Bertz CT molecular complexity index is 239. The number of hydrogen-bond acceptors (Lipinski definition) is 0. The van der Waals surface area contributed by atoms with Crippen LogP contribution in [0.3, 0.4) is 0 Å². The zero-order chi connectivity index (χ0) is 14.0. The second-order valence-corrected chi connectivity index (χ2v) is 6.90. The molecule has 0 aromatic rings. The minimum absolute atomic E-state index is 0.383. The van der Waals surface area contributed by atoms with E-state index in [1.165, 1.54) is 62.5 Å². The van der Waals surface area contributed by atoms with Crippen molar-refractivity contribution in [3.63, 3.8) is 0 Å². The van der Waals surface area contributed by atoms with E-state index in [9.17, 15) is 0 Å². The zero-order valence-electron chi connectivity index (χ0n) is 13.3. The molecule has 0 heteroatoms. The largest absolute Gasteiger partial charge is 0.0999 e. The fraction of sp³-hybridized carbons (Fsp3) is 0.778. The van der Waals surface area contributed by atoms with E-state index in [2.05, 4.69) is 40.9 Å². The van der Waals surface area contributed by atoms with Crippen LogP contribution in [-0.2, 0) is 0 Å². The fourth-order valence-corrected chi connectivity index (χ4v) is 2.35. The smallest absolute Gasteiger partial charge is 0.0274 e. The lowest BCUT2D eigenvalue weighted by Crippen LogP contribution is -2.05. The number of allylic oxidation sites excluding steroid dienone is 2. The van der Waals surface area contributed by atoms with Crippen molar-refractivity contribution in [2.75, 3.05) is 0 Å². The lowest BCUT2D eigenvalue weighted by molar-refractivity contribution is 0.403. The predicted octanol–water partition coefficient (Wildman–Crippen LogP) is 6.68. The highest BCUT2D eigenvalue weighted by Gasteiger charge is 2.11. The first-order valence-electron chi connectivity index (χ1n) is 7.68. The van der Waals surface area contributed by atoms with Crippen LogP contribution in [-0.4, -0.2) is 0 Å². The third kappa shape index (κ3) is 12.0. The molecular weight excluding hydrogens is 216 g/mol. The van der Waals surface area contributed by atoms with Crippen molar-refractivity contribution in [1.29, 1.82) is 0 Å². The van der Waals surface area contributed by atoms with Gasteiger partial charge in [0.15, 0.2) is 0 Å². The van der Waals surface area contributed by atoms with Gasteiger partial charge >= 0.3 is 0 Å². The van der Waals surface area contributed by atoms with Crippen molar-refractivity contribution in [2.24, 2.45) is 5.41 Å². The highest BCUT2D eigenvalue weighted by molar-refractivity contribution is 5.00. The summed E-state index contributed by atoms with van der Waals surface area (Å²) >= 11 is 0. The van der Waals surface area contributed by atoms with Crippen LogP contribution >= 0.6 is 0 Å². The summed E-state index contributed by atoms with van der Waals surface area (Å²) in [6, 6.07) is 0. The topological polar surface area (TPSA) is 0 Å². The van der Waals surface area contributed by atoms with Crippen molar-refractivity contribution in [3.05, 3.63) is 24.3 Å². The Morgan fingerprint density at radius 2 is 1.33 bits per heavy atom. The van der Waals surface area contributed by atoms with Gasteiger partial charge in [0.2, 0.25) is 0 Å². The Morgan fingerprint density at radius 1 is 0.778 bits per heavy atom. The van der Waals surface area contributed by atoms with Gasteiger partial charge in [0, 0.05) is 0 Å². The molecule has 0 N–H and O–H groups in total. The van der Waals surface area contributed by atoms with Gasteiger partial charge in [0.25, 0.3) is 0 Å². The quantitative estimate of drug-likeness (QED) is 0.300. The van der Waals surface area contributed by atoms with Crippen LogP contribution in [0.1, 0.15) is 85.5 Å². The van der Waals surface area contributed by atoms with Crippen molar-refractivity contribution in [2.45, 2.75) is 85.5 Å². The molecule has 0 bridgehead atoms. The molecule has 0 heterocycles. The molecule has 0 radical (unpaired) electrons. The van der Waals surface area contributed by atoms with Gasteiger partial charge in [-0.05, 0) is 43.9 Å². The van der Waals surface area contributed by atoms with Gasteiger partial charge in [-0.2, -0.15) is 0 Å². The summed E-state index contributed by atoms with van der Waals surface area (Å²) < 4.78 is 0. The van der Waals surface area contributed by atoms with E-state index in [0.29, 0.717) is 5.41 Å². The molecule has 0 spiro atoms. The average Bonchev–Trinajstić information content (AvgIpc) is 2.22. The normalized spacial score (nSPS) is 11.6. The Hall–Kier alpha value is -0.520. The Labute approximate surface area is 116 Å². The van der Waals surface area contributed by atoms with E-state index in [0.717, 1.165) is 6.42 Å². The van der Waals surface area contributed by atoms with E-state index in [-0.39, 0.29) is 0 Å². The highest BCUT2D eigenvalue weighted by Crippen LogP contribution is 2.26. The van der Waals surface area contributed by atoms with E-state index in [1.54, 1.807) is 0 Å². The number of rotatable bonds is 10. The molecule has 0 amide bonds. The van der Waals surface area contributed by atoms with Crippen molar-refractivity contribution in [3.8, 4) is 0 Å². The molecule has 0 saturated carbocycles. The zero-order valence-corrected chi connectivity index (χ0v) is 13.3. The van der Waals surface area contributed by atoms with Gasteiger partial charge in [-0.3, -0.25) is 0 Å². The number of unbranched alkanes of at least 4 members (excludes halogenated alkanes) is 3. The SMILES string of the molecule is C=C(CCCCCC)CCCC(=C)CC(C)(C)C. The second-order valence-electron chi connectivity index (χ2n) is 6.90. The van der Waals surface area contributed by atoms with E-state index in [4.69, 9.17) is 0 Å². The van der Waals surface area contributed by atoms with Crippen molar-refractivity contribution >= 4 is 0 Å². The molecule has 0 nitrogen and oxygen atoms in total. The van der Waals surface area contributed by atoms with Gasteiger partial charge in [0.1, 0.15) is 0 Å². The van der Waals surface area contributed by atoms with Crippen LogP contribution in [0, 0.1) is 5.41 Å². The molecule has 0 aromatic heterocycles. The first-order chi connectivity index (χ1) is 8.35. The van der Waals surface area contributed by atoms with Gasteiger partial charge in [-0.25, -0.2) is 0 Å². The van der Waals surface area contributed by atoms with Crippen LogP contribution in [0.2, 0.25) is 0 Å². The van der Waals surface area contributed by atoms with E-state index < -0.39 is 0 Å². The minimum atomic E-state index is 0.383. The molecule has 0 aromatic carbocycles. The van der Waals surface area contributed by atoms with Gasteiger partial charge in [0.05, 0.1) is 0 Å². The van der Waals surface area contributed by atoms with Crippen LogP contribution < -0.4 is 0 Å². The average molecular weight is 250 g/mol. The van der Waals surface area contributed by atoms with Crippen molar-refractivity contribution in [1.82, 2.24) is 0 Å². The lowest BCUT2D eigenvalue weighted by atomic mass is 9.86. The predicted molar refractivity (Wildman–Crippen MR) is 85.0 cm³/mol. The third-order valence-electron chi connectivity index (χ3n) is 3.22. The summed E-state index contributed by atoms with van der Waals surface area (Å²) in [4.78, 5) is 0. The molecule has 0 aliphatic carbocycles. The summed E-state index contributed by atoms with van der Waals surface area (Å²) in [5.41, 5.74) is 3.23. The Kier molecular flexibility index (Phi) is 9.14. The van der Waals surface area contributed by atoms with Crippen LogP contribution in [0.4, 0.5) is 0 Å². The molecule has 106 valence electrons. The Morgan fingerprint density at radius 3 is 1.89 bits per heavy atom.